The summed E-state index contributed by atoms with van der Waals surface area (Å²) in [5.74, 6) is 2.84. The highest BCUT2D eigenvalue weighted by molar-refractivity contribution is 5.80. The Morgan fingerprint density at radius 1 is 1.26 bits per heavy atom. The molecule has 10 nitrogen and oxygen atoms in total. The summed E-state index contributed by atoms with van der Waals surface area (Å²) in [6.45, 7) is 14.5. The summed E-state index contributed by atoms with van der Waals surface area (Å²) in [4.78, 5) is 9.61. The number of nitrogens with one attached hydrogen (secondary N) is 1. The first-order chi connectivity index (χ1) is 15.2. The second-order valence-corrected chi connectivity index (χ2v) is 7.67. The molecular formula is C21H36N8O2. The predicted octanol–water partition coefficient (Wildman–Crippen LogP) is 1.33. The first kappa shape index (κ1) is 23.2. The molecule has 1 saturated heterocycles. The van der Waals surface area contributed by atoms with Crippen molar-refractivity contribution >= 4 is 5.96 Å². The van der Waals surface area contributed by atoms with Crippen LogP contribution >= 0.6 is 0 Å². The van der Waals surface area contributed by atoms with E-state index in [0.29, 0.717) is 0 Å². The van der Waals surface area contributed by atoms with Crippen molar-refractivity contribution in [3.05, 3.63) is 29.7 Å². The molecule has 1 aliphatic rings. The molecule has 10 heteroatoms. The fourth-order valence-corrected chi connectivity index (χ4v) is 3.63. The molecule has 0 spiro atoms. The highest BCUT2D eigenvalue weighted by Gasteiger charge is 2.20. The van der Waals surface area contributed by atoms with Crippen LogP contribution in [0.25, 0.3) is 0 Å². The number of aryl methyl sites for hydroxylation is 2. The number of aliphatic imine (C=N–C) groups is 1. The van der Waals surface area contributed by atoms with E-state index in [1.807, 2.05) is 19.9 Å². The second-order valence-electron chi connectivity index (χ2n) is 7.67. The smallest absolute Gasteiger partial charge is 0.194 e. The van der Waals surface area contributed by atoms with Crippen molar-refractivity contribution < 1.29 is 9.26 Å². The number of nitrogens with zero attached hydrogens (tertiary/aromatic N) is 7. The molecule has 0 aromatic carbocycles. The van der Waals surface area contributed by atoms with E-state index in [1.54, 1.807) is 6.33 Å². The quantitative estimate of drug-likeness (QED) is 0.323. The molecule has 3 rings (SSSR count). The zero-order chi connectivity index (χ0) is 21.9. The van der Waals surface area contributed by atoms with E-state index < -0.39 is 0 Å². The molecule has 1 fully saturated rings. The van der Waals surface area contributed by atoms with Gasteiger partial charge < -0.3 is 24.0 Å². The summed E-state index contributed by atoms with van der Waals surface area (Å²) in [5.41, 5.74) is 0.995. The van der Waals surface area contributed by atoms with Crippen molar-refractivity contribution in [1.82, 2.24) is 35.0 Å². The molecule has 3 heterocycles. The van der Waals surface area contributed by atoms with Gasteiger partial charge in [-0.2, -0.15) is 0 Å². The summed E-state index contributed by atoms with van der Waals surface area (Å²) < 4.78 is 12.7. The van der Waals surface area contributed by atoms with Crippen molar-refractivity contribution in [2.45, 2.75) is 46.7 Å². The lowest BCUT2D eigenvalue weighted by molar-refractivity contribution is 0.146. The summed E-state index contributed by atoms with van der Waals surface area (Å²) in [6.07, 6.45) is 3.60. The largest absolute Gasteiger partial charge is 0.382 e. The molecule has 172 valence electrons. The van der Waals surface area contributed by atoms with Gasteiger partial charge in [0.25, 0.3) is 0 Å². The van der Waals surface area contributed by atoms with Gasteiger partial charge in [0.15, 0.2) is 5.96 Å². The lowest BCUT2D eigenvalue weighted by atomic mass is 10.3. The molecule has 0 bridgehead atoms. The Kier molecular flexibility index (Phi) is 9.29. The zero-order valence-electron chi connectivity index (χ0n) is 19.1. The Balaban J connectivity index is 1.51. The molecule has 2 aromatic heterocycles. The van der Waals surface area contributed by atoms with Gasteiger partial charge in [-0.05, 0) is 20.3 Å². The molecule has 0 unspecified atom stereocenters. The van der Waals surface area contributed by atoms with Crippen LogP contribution in [0.3, 0.4) is 0 Å². The van der Waals surface area contributed by atoms with Crippen LogP contribution in [0, 0.1) is 6.92 Å². The monoisotopic (exact) mass is 432 g/mol. The Labute approximate surface area is 184 Å². The van der Waals surface area contributed by atoms with E-state index in [1.165, 1.54) is 0 Å². The van der Waals surface area contributed by atoms with E-state index in [9.17, 15) is 0 Å². The van der Waals surface area contributed by atoms with Crippen LogP contribution in [0.15, 0.2) is 21.9 Å². The van der Waals surface area contributed by atoms with E-state index in [2.05, 4.69) is 42.0 Å². The first-order valence-corrected chi connectivity index (χ1v) is 11.3. The third kappa shape index (κ3) is 7.32. The van der Waals surface area contributed by atoms with Crippen molar-refractivity contribution in [3.8, 4) is 0 Å². The fourth-order valence-electron chi connectivity index (χ4n) is 3.63. The van der Waals surface area contributed by atoms with Gasteiger partial charge in [0.2, 0.25) is 0 Å². The van der Waals surface area contributed by atoms with Crippen LogP contribution < -0.4 is 5.32 Å². The Hall–Kier alpha value is -2.46. The fraction of sp³-hybridized carbons (Fsp3) is 0.714. The van der Waals surface area contributed by atoms with Gasteiger partial charge in [-0.1, -0.05) is 12.1 Å². The maximum Gasteiger partial charge on any atom is 0.194 e. The van der Waals surface area contributed by atoms with Crippen molar-refractivity contribution in [3.63, 3.8) is 0 Å². The number of aromatic nitrogens is 4. The van der Waals surface area contributed by atoms with Gasteiger partial charge in [0.1, 0.15) is 17.9 Å². The van der Waals surface area contributed by atoms with Crippen LogP contribution in [0.1, 0.15) is 37.5 Å². The summed E-state index contributed by atoms with van der Waals surface area (Å²) in [6, 6.07) is 2.01. The molecule has 0 aliphatic carbocycles. The molecule has 0 saturated carbocycles. The molecular weight excluding hydrogens is 396 g/mol. The van der Waals surface area contributed by atoms with Gasteiger partial charge in [-0.15, -0.1) is 10.2 Å². The first-order valence-electron chi connectivity index (χ1n) is 11.3. The number of rotatable bonds is 11. The van der Waals surface area contributed by atoms with E-state index in [4.69, 9.17) is 14.3 Å². The van der Waals surface area contributed by atoms with E-state index in [0.717, 1.165) is 102 Å². The van der Waals surface area contributed by atoms with Gasteiger partial charge >= 0.3 is 0 Å². The SMILES string of the molecule is CCOCCCN=C(NCCn1cnnc1CC)N1CCN(Cc2cc(C)on2)CC1. The van der Waals surface area contributed by atoms with E-state index in [-0.39, 0.29) is 0 Å². The van der Waals surface area contributed by atoms with Crippen LogP contribution in [0.2, 0.25) is 0 Å². The lowest BCUT2D eigenvalue weighted by Crippen LogP contribution is -2.52. The maximum absolute atomic E-state index is 5.45. The third-order valence-corrected chi connectivity index (χ3v) is 5.29. The number of hydrogen-bond donors (Lipinski definition) is 1. The molecule has 1 N–H and O–H groups in total. The minimum Gasteiger partial charge on any atom is -0.382 e. The average molecular weight is 433 g/mol. The van der Waals surface area contributed by atoms with Crippen LogP contribution in [-0.2, 0) is 24.2 Å². The minimum atomic E-state index is 0.749. The summed E-state index contributed by atoms with van der Waals surface area (Å²) in [5, 5.41) is 15.8. The zero-order valence-corrected chi connectivity index (χ0v) is 19.1. The second kappa shape index (κ2) is 12.4. The molecule has 2 aromatic rings. The normalized spacial score (nSPS) is 15.6. The summed E-state index contributed by atoms with van der Waals surface area (Å²) >= 11 is 0. The topological polar surface area (TPSA) is 96.8 Å². The Morgan fingerprint density at radius 3 is 2.81 bits per heavy atom. The van der Waals surface area contributed by atoms with Gasteiger partial charge in [0.05, 0.1) is 5.69 Å². The number of guanidine groups is 1. The number of piperazine rings is 1. The van der Waals surface area contributed by atoms with Crippen molar-refractivity contribution in [1.29, 1.82) is 0 Å². The Morgan fingerprint density at radius 2 is 2.10 bits per heavy atom. The van der Waals surface area contributed by atoms with Crippen LogP contribution in [0.5, 0.6) is 0 Å². The Bertz CT molecular complexity index is 795. The average Bonchev–Trinajstić information content (AvgIpc) is 3.41. The maximum atomic E-state index is 5.45. The lowest BCUT2D eigenvalue weighted by Gasteiger charge is -2.36. The minimum absolute atomic E-state index is 0.749. The predicted molar refractivity (Wildman–Crippen MR) is 119 cm³/mol. The molecule has 1 aliphatic heterocycles. The van der Waals surface area contributed by atoms with Gasteiger partial charge in [-0.3, -0.25) is 9.89 Å². The number of hydrogen-bond acceptors (Lipinski definition) is 7. The molecule has 0 atom stereocenters. The van der Waals surface area contributed by atoms with Crippen molar-refractivity contribution in [2.24, 2.45) is 4.99 Å². The van der Waals surface area contributed by atoms with E-state index >= 15 is 0 Å². The third-order valence-electron chi connectivity index (χ3n) is 5.29. The van der Waals surface area contributed by atoms with Gasteiger partial charge in [0, 0.05) is 78.1 Å². The summed E-state index contributed by atoms with van der Waals surface area (Å²) in [7, 11) is 0. The molecule has 0 radical (unpaired) electrons. The molecule has 0 amide bonds. The van der Waals surface area contributed by atoms with Crippen LogP contribution in [0.4, 0.5) is 0 Å². The highest BCUT2D eigenvalue weighted by atomic mass is 16.5. The van der Waals surface area contributed by atoms with Crippen LogP contribution in [-0.4, -0.2) is 88.2 Å². The van der Waals surface area contributed by atoms with Crippen molar-refractivity contribution in [2.75, 3.05) is 52.5 Å². The van der Waals surface area contributed by atoms with Gasteiger partial charge in [-0.25, -0.2) is 0 Å². The highest BCUT2D eigenvalue weighted by Crippen LogP contribution is 2.09. The standard InChI is InChI=1S/C21H36N8O2/c1-4-20-25-24-17-29(20)9-8-23-21(22-7-6-14-30-5-2)28-12-10-27(11-13-28)16-19-15-18(3)31-26-19/h15,17H,4-14,16H2,1-3H3,(H,22,23). The number of ether oxygens (including phenoxy) is 1. The molecule has 31 heavy (non-hydrogen) atoms.